The third-order valence-electron chi connectivity index (χ3n) is 5.35. The van der Waals surface area contributed by atoms with Crippen LogP contribution in [0, 0.1) is 0 Å². The first-order chi connectivity index (χ1) is 14.6. The van der Waals surface area contributed by atoms with E-state index in [4.69, 9.17) is 18.9 Å². The van der Waals surface area contributed by atoms with Crippen LogP contribution in [0.4, 0.5) is 0 Å². The number of phenolic OH excluding ortho intramolecular Hbond substituents is 1. The Morgan fingerprint density at radius 1 is 1.10 bits per heavy atom. The minimum absolute atomic E-state index is 0.130. The lowest BCUT2D eigenvalue weighted by atomic mass is 9.97. The van der Waals surface area contributed by atoms with Gasteiger partial charge in [0.05, 0.1) is 33.0 Å². The predicted octanol–water partition coefficient (Wildman–Crippen LogP) is 2.90. The van der Waals surface area contributed by atoms with E-state index in [1.54, 1.807) is 24.3 Å². The number of aromatic hydroxyl groups is 1. The highest BCUT2D eigenvalue weighted by Crippen LogP contribution is 2.38. The van der Waals surface area contributed by atoms with Gasteiger partial charge in [0, 0.05) is 36.8 Å². The molecule has 2 aromatic carbocycles. The van der Waals surface area contributed by atoms with E-state index in [0.717, 1.165) is 24.2 Å². The molecule has 2 aliphatic heterocycles. The Bertz CT molecular complexity index is 978. The van der Waals surface area contributed by atoms with Gasteiger partial charge in [-0.25, -0.2) is 0 Å². The quantitative estimate of drug-likeness (QED) is 0.758. The first-order valence-corrected chi connectivity index (χ1v) is 9.85. The molecular weight excluding hydrogens is 386 g/mol. The van der Waals surface area contributed by atoms with E-state index in [0.29, 0.717) is 48.1 Å². The number of benzene rings is 2. The van der Waals surface area contributed by atoms with Crippen LogP contribution in [0.5, 0.6) is 23.0 Å². The molecule has 1 N–H and O–H groups in total. The van der Waals surface area contributed by atoms with Crippen molar-refractivity contribution < 1.29 is 28.8 Å². The fraction of sp³-hybridized carbons (Fsp3) is 0.348. The number of ketones is 1. The van der Waals surface area contributed by atoms with Crippen molar-refractivity contribution in [3.05, 3.63) is 52.6 Å². The Labute approximate surface area is 175 Å². The van der Waals surface area contributed by atoms with Gasteiger partial charge in [0.1, 0.15) is 18.1 Å². The number of phenols is 1. The Kier molecular flexibility index (Phi) is 5.92. The molecule has 2 heterocycles. The zero-order valence-corrected chi connectivity index (χ0v) is 17.1. The maximum atomic E-state index is 13.0. The Morgan fingerprint density at radius 2 is 1.83 bits per heavy atom. The van der Waals surface area contributed by atoms with Crippen molar-refractivity contribution in [2.75, 3.05) is 47.1 Å². The van der Waals surface area contributed by atoms with Crippen LogP contribution in [0.2, 0.25) is 0 Å². The van der Waals surface area contributed by atoms with Gasteiger partial charge in [-0.05, 0) is 23.8 Å². The van der Waals surface area contributed by atoms with Crippen LogP contribution in [0.3, 0.4) is 0 Å². The summed E-state index contributed by atoms with van der Waals surface area (Å²) in [5, 5.41) is 10.5. The van der Waals surface area contributed by atoms with Crippen LogP contribution in [0.15, 0.2) is 35.9 Å². The number of carbonyl (C=O) groups excluding carboxylic acids is 1. The smallest absolute Gasteiger partial charge is 0.196 e. The molecule has 158 valence electrons. The highest BCUT2D eigenvalue weighted by atomic mass is 16.5. The largest absolute Gasteiger partial charge is 0.508 e. The van der Waals surface area contributed by atoms with Crippen molar-refractivity contribution in [3.63, 3.8) is 0 Å². The molecule has 2 aliphatic rings. The van der Waals surface area contributed by atoms with Gasteiger partial charge in [-0.1, -0.05) is 12.1 Å². The number of Topliss-reactive ketones (excluding diaryl/α,β-unsaturated/α-hetero) is 1. The molecule has 7 nitrogen and oxygen atoms in total. The number of rotatable bonds is 5. The average molecular weight is 411 g/mol. The van der Waals surface area contributed by atoms with Crippen molar-refractivity contribution in [1.82, 2.24) is 4.90 Å². The summed E-state index contributed by atoms with van der Waals surface area (Å²) in [5.74, 6) is 1.54. The Morgan fingerprint density at radius 3 is 2.53 bits per heavy atom. The number of ether oxygens (including phenoxy) is 4. The summed E-state index contributed by atoms with van der Waals surface area (Å²) in [4.78, 5) is 15.2. The second kappa shape index (κ2) is 8.77. The topological polar surface area (TPSA) is 77.5 Å². The van der Waals surface area contributed by atoms with Gasteiger partial charge >= 0.3 is 0 Å². The number of morpholine rings is 1. The molecule has 7 heteroatoms. The van der Waals surface area contributed by atoms with E-state index in [2.05, 4.69) is 4.90 Å². The van der Waals surface area contributed by atoms with Crippen LogP contribution in [-0.4, -0.2) is 62.9 Å². The van der Waals surface area contributed by atoms with Gasteiger partial charge in [0.2, 0.25) is 0 Å². The summed E-state index contributed by atoms with van der Waals surface area (Å²) in [6.45, 7) is 3.95. The molecular formula is C23H25NO6. The fourth-order valence-corrected chi connectivity index (χ4v) is 3.66. The summed E-state index contributed by atoms with van der Waals surface area (Å²) < 4.78 is 21.7. The maximum Gasteiger partial charge on any atom is 0.196 e. The standard InChI is InChI=1S/C23H25NO6/c1-27-21-11-18-20(12-22(21)28-2)30-14-17(23(18)26)9-15-3-4-16(19(25)10-15)13-24-5-7-29-8-6-24/h3-4,9-12,25H,5-8,13-14H2,1-2H3/b17-9+. The molecule has 1 saturated heterocycles. The highest BCUT2D eigenvalue weighted by molar-refractivity contribution is 6.14. The number of methoxy groups -OCH3 is 2. The third-order valence-corrected chi connectivity index (χ3v) is 5.35. The molecule has 0 aliphatic carbocycles. The van der Waals surface area contributed by atoms with E-state index in [-0.39, 0.29) is 18.1 Å². The minimum atomic E-state index is -0.130. The maximum absolute atomic E-state index is 13.0. The van der Waals surface area contributed by atoms with Crippen molar-refractivity contribution in [1.29, 1.82) is 0 Å². The van der Waals surface area contributed by atoms with Crippen LogP contribution in [-0.2, 0) is 11.3 Å². The second-order valence-electron chi connectivity index (χ2n) is 7.27. The van der Waals surface area contributed by atoms with Gasteiger partial charge < -0.3 is 24.1 Å². The molecule has 0 saturated carbocycles. The van der Waals surface area contributed by atoms with Crippen molar-refractivity contribution in [2.45, 2.75) is 6.54 Å². The molecule has 0 amide bonds. The van der Waals surface area contributed by atoms with Crippen molar-refractivity contribution in [3.8, 4) is 23.0 Å². The lowest BCUT2D eigenvalue weighted by Gasteiger charge is -2.26. The highest BCUT2D eigenvalue weighted by Gasteiger charge is 2.26. The summed E-state index contributed by atoms with van der Waals surface area (Å²) in [7, 11) is 3.06. The monoisotopic (exact) mass is 411 g/mol. The number of hydrogen-bond donors (Lipinski definition) is 1. The molecule has 0 aromatic heterocycles. The van der Waals surface area contributed by atoms with E-state index in [1.165, 1.54) is 14.2 Å². The number of fused-ring (bicyclic) bond motifs is 1. The van der Waals surface area contributed by atoms with Crippen molar-refractivity contribution in [2.24, 2.45) is 0 Å². The molecule has 4 rings (SSSR count). The van der Waals surface area contributed by atoms with Gasteiger partial charge in [0.25, 0.3) is 0 Å². The van der Waals surface area contributed by atoms with Gasteiger partial charge in [-0.3, -0.25) is 9.69 Å². The minimum Gasteiger partial charge on any atom is -0.508 e. The molecule has 0 spiro atoms. The van der Waals surface area contributed by atoms with Crippen LogP contribution >= 0.6 is 0 Å². The summed E-state index contributed by atoms with van der Waals surface area (Å²) >= 11 is 0. The molecule has 1 fully saturated rings. The molecule has 30 heavy (non-hydrogen) atoms. The predicted molar refractivity (Wildman–Crippen MR) is 112 cm³/mol. The van der Waals surface area contributed by atoms with Crippen LogP contribution in [0.25, 0.3) is 6.08 Å². The van der Waals surface area contributed by atoms with Gasteiger partial charge in [-0.15, -0.1) is 0 Å². The summed E-state index contributed by atoms with van der Waals surface area (Å²) in [5.41, 5.74) is 2.54. The molecule has 0 unspecified atom stereocenters. The summed E-state index contributed by atoms with van der Waals surface area (Å²) in [6.07, 6.45) is 1.75. The fourth-order valence-electron chi connectivity index (χ4n) is 3.66. The van der Waals surface area contributed by atoms with Crippen LogP contribution < -0.4 is 14.2 Å². The van der Waals surface area contributed by atoms with E-state index in [1.807, 2.05) is 12.1 Å². The van der Waals surface area contributed by atoms with Gasteiger partial charge in [0.15, 0.2) is 17.3 Å². The first kappa shape index (κ1) is 20.3. The lowest BCUT2D eigenvalue weighted by Crippen LogP contribution is -2.35. The number of nitrogens with zero attached hydrogens (tertiary/aromatic N) is 1. The molecule has 0 atom stereocenters. The molecule has 0 radical (unpaired) electrons. The van der Waals surface area contributed by atoms with E-state index >= 15 is 0 Å². The van der Waals surface area contributed by atoms with E-state index in [9.17, 15) is 9.90 Å². The SMILES string of the molecule is COc1cc2c(cc1OC)C(=O)/C(=C/c1ccc(CN3CCOCC3)c(O)c1)CO2. The number of hydrogen-bond acceptors (Lipinski definition) is 7. The summed E-state index contributed by atoms with van der Waals surface area (Å²) in [6, 6.07) is 8.77. The van der Waals surface area contributed by atoms with E-state index < -0.39 is 0 Å². The lowest BCUT2D eigenvalue weighted by molar-refractivity contribution is 0.0339. The average Bonchev–Trinajstić information content (AvgIpc) is 2.77. The van der Waals surface area contributed by atoms with Gasteiger partial charge in [-0.2, -0.15) is 0 Å². The first-order valence-electron chi connectivity index (χ1n) is 9.85. The Balaban J connectivity index is 1.55. The van der Waals surface area contributed by atoms with Crippen LogP contribution in [0.1, 0.15) is 21.5 Å². The Hall–Kier alpha value is -3.03. The zero-order chi connectivity index (χ0) is 21.1. The number of carbonyl (C=O) groups is 1. The molecule has 0 bridgehead atoms. The third kappa shape index (κ3) is 4.13. The molecule has 2 aromatic rings. The second-order valence-corrected chi connectivity index (χ2v) is 7.27. The zero-order valence-electron chi connectivity index (χ0n) is 17.1. The van der Waals surface area contributed by atoms with Crippen molar-refractivity contribution >= 4 is 11.9 Å². The normalized spacial score (nSPS) is 18.1.